The molecular formula is C37H66O20. The third-order valence-electron chi connectivity index (χ3n) is 11.1. The number of carbonyl (C=O) groups is 1. The number of aliphatic hydroxyl groups excluding tert-OH is 10. The van der Waals surface area contributed by atoms with Gasteiger partial charge in [0, 0.05) is 6.42 Å². The molecule has 4 rings (SSSR count). The summed E-state index contributed by atoms with van der Waals surface area (Å²) in [7, 11) is 0. The van der Waals surface area contributed by atoms with E-state index >= 15 is 0 Å². The molecule has 0 aliphatic carbocycles. The lowest BCUT2D eigenvalue weighted by atomic mass is 9.96. The maximum Gasteiger partial charge on any atom is 0.303 e. The Morgan fingerprint density at radius 1 is 0.596 bits per heavy atom. The highest BCUT2D eigenvalue weighted by atomic mass is 16.8. The van der Waals surface area contributed by atoms with Crippen LogP contribution in [0.15, 0.2) is 0 Å². The Morgan fingerprint density at radius 2 is 1.16 bits per heavy atom. The first kappa shape index (κ1) is 48.4. The van der Waals surface area contributed by atoms with Gasteiger partial charge in [0.25, 0.3) is 0 Å². The maximum absolute atomic E-state index is 11.4. The van der Waals surface area contributed by atoms with Crippen LogP contribution in [0.3, 0.4) is 0 Å². The highest BCUT2D eigenvalue weighted by molar-refractivity contribution is 5.66. The van der Waals surface area contributed by atoms with Gasteiger partial charge in [0.1, 0.15) is 79.4 Å². The first-order valence-corrected chi connectivity index (χ1v) is 20.2. The monoisotopic (exact) mass is 830 g/mol. The summed E-state index contributed by atoms with van der Waals surface area (Å²) in [6.45, 7) is 3.75. The van der Waals surface area contributed by atoms with Gasteiger partial charge < -0.3 is 94.1 Å². The quantitative estimate of drug-likeness (QED) is 0.0544. The van der Waals surface area contributed by atoms with Crippen molar-refractivity contribution >= 4 is 5.97 Å². The fourth-order valence-corrected chi connectivity index (χ4v) is 7.52. The van der Waals surface area contributed by atoms with Gasteiger partial charge in [0.2, 0.25) is 0 Å². The molecule has 0 amide bonds. The van der Waals surface area contributed by atoms with Crippen LogP contribution in [0.4, 0.5) is 0 Å². The zero-order valence-electron chi connectivity index (χ0n) is 32.8. The summed E-state index contributed by atoms with van der Waals surface area (Å²) in [6.07, 6.45) is -21.6. The molecule has 11 N–H and O–H groups in total. The van der Waals surface area contributed by atoms with Crippen molar-refractivity contribution in [2.75, 3.05) is 13.2 Å². The van der Waals surface area contributed by atoms with Crippen LogP contribution in [-0.4, -0.2) is 198 Å². The van der Waals surface area contributed by atoms with Gasteiger partial charge in [-0.15, -0.1) is 0 Å². The van der Waals surface area contributed by atoms with E-state index in [1.807, 2.05) is 6.92 Å². The minimum absolute atomic E-state index is 0.169. The van der Waals surface area contributed by atoms with E-state index in [0.717, 1.165) is 44.9 Å². The van der Waals surface area contributed by atoms with Gasteiger partial charge in [-0.3, -0.25) is 4.79 Å². The molecule has 334 valence electrons. The van der Waals surface area contributed by atoms with Gasteiger partial charge in [0.05, 0.1) is 31.5 Å². The van der Waals surface area contributed by atoms with E-state index in [-0.39, 0.29) is 19.1 Å². The third-order valence-corrected chi connectivity index (χ3v) is 11.1. The van der Waals surface area contributed by atoms with Crippen molar-refractivity contribution in [1.29, 1.82) is 0 Å². The minimum atomic E-state index is -1.87. The molecule has 57 heavy (non-hydrogen) atoms. The Bertz CT molecular complexity index is 1170. The molecule has 4 aliphatic heterocycles. The molecule has 0 spiro atoms. The van der Waals surface area contributed by atoms with Crippen molar-refractivity contribution in [1.82, 2.24) is 0 Å². The van der Waals surface area contributed by atoms with Crippen LogP contribution >= 0.6 is 0 Å². The fraction of sp³-hybridized carbons (Fsp3) is 0.973. The fourth-order valence-electron chi connectivity index (χ4n) is 7.52. The van der Waals surface area contributed by atoms with Crippen LogP contribution in [0.25, 0.3) is 0 Å². The van der Waals surface area contributed by atoms with Gasteiger partial charge >= 0.3 is 5.97 Å². The highest BCUT2D eigenvalue weighted by Crippen LogP contribution is 2.35. The lowest BCUT2D eigenvalue weighted by Crippen LogP contribution is -2.67. The molecule has 20 nitrogen and oxygen atoms in total. The topological polar surface area (TPSA) is 313 Å². The normalized spacial score (nSPS) is 43.5. The molecule has 0 unspecified atom stereocenters. The number of unbranched alkanes of at least 4 members (excludes halogenated alkanes) is 6. The predicted octanol–water partition coefficient (Wildman–Crippen LogP) is -2.27. The lowest BCUT2D eigenvalue weighted by Gasteiger charge is -2.49. The van der Waals surface area contributed by atoms with Crippen molar-refractivity contribution in [3.8, 4) is 0 Å². The number of carboxylic acids is 1. The molecule has 0 aromatic heterocycles. The van der Waals surface area contributed by atoms with Crippen LogP contribution in [0, 0.1) is 0 Å². The third kappa shape index (κ3) is 12.9. The standard InChI is InChI=1S/C37H66O20/c1-4-12-19(13-10-8-6-5-7-9-11-14-22(40)41)53-36-32(25(44)20(39)16-50-36)57-37-33(28(47)26(45)21(15-38)54-37)56-35-30(49)31(24(43)18(3)52-35)55-34-29(48)27(46)23(42)17(2)51-34/h17-21,23-39,42-49H,4-16H2,1-3H3,(H,40,41)/t17-,18-,19-,20+,21+,23-,24-,25-,26+,27+,28-,29+,30+,31+,32+,33+,34-,35-,36-,37-/m0/s1. The Kier molecular flexibility index (Phi) is 19.6. The molecule has 4 fully saturated rings. The molecule has 0 aromatic rings. The number of ether oxygens (including phenoxy) is 8. The maximum atomic E-state index is 11.4. The van der Waals surface area contributed by atoms with E-state index in [1.54, 1.807) is 0 Å². The molecule has 0 saturated carbocycles. The van der Waals surface area contributed by atoms with Gasteiger partial charge in [-0.05, 0) is 33.1 Å². The molecule has 20 atom stereocenters. The van der Waals surface area contributed by atoms with E-state index in [9.17, 15) is 55.9 Å². The molecule has 4 heterocycles. The number of aliphatic carboxylic acids is 1. The second-order valence-electron chi connectivity index (χ2n) is 15.6. The number of aliphatic hydroxyl groups is 10. The summed E-state index contributed by atoms with van der Waals surface area (Å²) in [4.78, 5) is 10.7. The Labute approximate surface area is 332 Å². The summed E-state index contributed by atoms with van der Waals surface area (Å²) in [6, 6.07) is 0. The van der Waals surface area contributed by atoms with Crippen molar-refractivity contribution < 1.29 is 98.9 Å². The van der Waals surface area contributed by atoms with E-state index < -0.39 is 129 Å². The molecule has 0 radical (unpaired) electrons. The molecule has 20 heteroatoms. The zero-order chi connectivity index (χ0) is 42.0. The van der Waals surface area contributed by atoms with Gasteiger partial charge in [-0.2, -0.15) is 0 Å². The van der Waals surface area contributed by atoms with Crippen LogP contribution in [0.5, 0.6) is 0 Å². The van der Waals surface area contributed by atoms with Crippen molar-refractivity contribution in [3.63, 3.8) is 0 Å². The van der Waals surface area contributed by atoms with Crippen molar-refractivity contribution in [2.24, 2.45) is 0 Å². The van der Waals surface area contributed by atoms with E-state index in [0.29, 0.717) is 19.3 Å². The van der Waals surface area contributed by atoms with Crippen LogP contribution in [0.1, 0.15) is 91.4 Å². The Morgan fingerprint density at radius 3 is 1.79 bits per heavy atom. The number of hydrogen-bond donors (Lipinski definition) is 11. The first-order chi connectivity index (χ1) is 27.1. The number of hydrogen-bond acceptors (Lipinski definition) is 19. The number of carboxylic acid groups (broad SMARTS) is 1. The summed E-state index contributed by atoms with van der Waals surface area (Å²) in [5.41, 5.74) is 0. The van der Waals surface area contributed by atoms with E-state index in [4.69, 9.17) is 43.0 Å². The van der Waals surface area contributed by atoms with E-state index in [1.165, 1.54) is 13.8 Å². The Balaban J connectivity index is 1.45. The van der Waals surface area contributed by atoms with Gasteiger partial charge in [-0.1, -0.05) is 51.9 Å². The van der Waals surface area contributed by atoms with Crippen LogP contribution < -0.4 is 0 Å². The zero-order valence-corrected chi connectivity index (χ0v) is 32.8. The van der Waals surface area contributed by atoms with Gasteiger partial charge in [0.15, 0.2) is 25.2 Å². The largest absolute Gasteiger partial charge is 0.481 e. The Hall–Kier alpha value is -1.25. The predicted molar refractivity (Wildman–Crippen MR) is 192 cm³/mol. The first-order valence-electron chi connectivity index (χ1n) is 20.2. The summed E-state index contributed by atoms with van der Waals surface area (Å²) < 4.78 is 47.0. The minimum Gasteiger partial charge on any atom is -0.481 e. The molecular weight excluding hydrogens is 764 g/mol. The summed E-state index contributed by atoms with van der Waals surface area (Å²) in [5, 5.41) is 116. The second kappa shape index (κ2) is 23.1. The molecule has 4 saturated heterocycles. The summed E-state index contributed by atoms with van der Waals surface area (Å²) >= 11 is 0. The highest BCUT2D eigenvalue weighted by Gasteiger charge is 2.54. The SMILES string of the molecule is CCC[C@@H](CCCCCCCCCC(=O)O)O[C@@H]1OC[C@@H](O)[C@H](O)[C@H]1O[C@@H]1O[C@H](CO)[C@@H](O)[C@H](O)[C@H]1O[C@@H]1O[C@@H](C)[C@H](O)[C@@H](O[C@@H]2O[C@@H](C)[C@H](O)[C@@H](O)[C@H]2O)[C@H]1O. The molecule has 0 bridgehead atoms. The average molecular weight is 831 g/mol. The van der Waals surface area contributed by atoms with Gasteiger partial charge in [-0.25, -0.2) is 0 Å². The van der Waals surface area contributed by atoms with Crippen LogP contribution in [0.2, 0.25) is 0 Å². The lowest BCUT2D eigenvalue weighted by molar-refractivity contribution is -0.397. The van der Waals surface area contributed by atoms with E-state index in [2.05, 4.69) is 0 Å². The molecule has 0 aromatic carbocycles. The molecule has 4 aliphatic rings. The van der Waals surface area contributed by atoms with Crippen molar-refractivity contribution in [3.05, 3.63) is 0 Å². The average Bonchev–Trinajstić information content (AvgIpc) is 3.17. The smallest absolute Gasteiger partial charge is 0.303 e. The second-order valence-corrected chi connectivity index (χ2v) is 15.6. The summed E-state index contributed by atoms with van der Waals surface area (Å²) in [5.74, 6) is -0.793. The van der Waals surface area contributed by atoms with Crippen molar-refractivity contribution in [2.45, 2.75) is 214 Å². The number of rotatable bonds is 21. The van der Waals surface area contributed by atoms with Crippen LogP contribution in [-0.2, 0) is 42.7 Å².